The van der Waals surface area contributed by atoms with Gasteiger partial charge in [-0.1, -0.05) is 0 Å². The van der Waals surface area contributed by atoms with Gasteiger partial charge in [0.25, 0.3) is 5.91 Å². The largest absolute Gasteiger partial charge is 0.416 e. The third-order valence-corrected chi connectivity index (χ3v) is 2.95. The molecule has 1 aliphatic carbocycles. The molecule has 0 radical (unpaired) electrons. The van der Waals surface area contributed by atoms with Gasteiger partial charge >= 0.3 is 6.18 Å². The van der Waals surface area contributed by atoms with Crippen molar-refractivity contribution in [1.82, 2.24) is 5.32 Å². The van der Waals surface area contributed by atoms with Gasteiger partial charge in [0.05, 0.1) is 5.56 Å². The molecule has 0 bridgehead atoms. The smallest absolute Gasteiger partial charge is 0.326 e. The number of halogens is 3. The topological polar surface area (TPSA) is 46.2 Å². The van der Waals surface area contributed by atoms with E-state index in [1.165, 1.54) is 6.08 Å². The quantitative estimate of drug-likeness (QED) is 0.906. The first-order valence-corrected chi connectivity index (χ1v) is 6.08. The van der Waals surface area contributed by atoms with E-state index < -0.39 is 17.6 Å². The maximum atomic E-state index is 12.4. The van der Waals surface area contributed by atoms with E-state index in [1.54, 1.807) is 0 Å². The van der Waals surface area contributed by atoms with Gasteiger partial charge < -0.3 is 5.32 Å². The maximum Gasteiger partial charge on any atom is 0.416 e. The molecule has 0 fully saturated rings. The van der Waals surface area contributed by atoms with Crippen LogP contribution in [0.4, 0.5) is 13.2 Å². The predicted octanol–water partition coefficient (Wildman–Crippen LogP) is 3.07. The standard InChI is InChI=1S/C14H12F3NO2/c15-14(16,17)10-6-4-9(5-7-10)13(20)18-11-2-1-3-12(19)8-11/h4-8H,1-3H2,(H,18,20). The SMILES string of the molecule is O=C1C=C(NC(=O)c2ccc(C(F)(F)F)cc2)CCC1. The lowest BCUT2D eigenvalue weighted by atomic mass is 10.0. The highest BCUT2D eigenvalue weighted by Crippen LogP contribution is 2.29. The molecule has 1 aromatic rings. The number of rotatable bonds is 2. The van der Waals surface area contributed by atoms with Gasteiger partial charge in [0.1, 0.15) is 0 Å². The fourth-order valence-corrected chi connectivity index (χ4v) is 1.92. The van der Waals surface area contributed by atoms with Crippen molar-refractivity contribution < 1.29 is 22.8 Å². The summed E-state index contributed by atoms with van der Waals surface area (Å²) in [6.45, 7) is 0. The number of hydrogen-bond donors (Lipinski definition) is 1. The molecule has 2 rings (SSSR count). The molecule has 1 aromatic carbocycles. The number of carbonyl (C=O) groups is 2. The van der Waals surface area contributed by atoms with Crippen LogP contribution in [0.25, 0.3) is 0 Å². The van der Waals surface area contributed by atoms with E-state index in [0.717, 1.165) is 24.3 Å². The maximum absolute atomic E-state index is 12.4. The lowest BCUT2D eigenvalue weighted by Crippen LogP contribution is -2.25. The zero-order valence-electron chi connectivity index (χ0n) is 10.5. The minimum Gasteiger partial charge on any atom is -0.326 e. The van der Waals surface area contributed by atoms with Crippen LogP contribution in [0.5, 0.6) is 0 Å². The molecule has 6 heteroatoms. The Bertz CT molecular complexity index is 559. The Balaban J connectivity index is 2.08. The molecule has 0 aromatic heterocycles. The number of amides is 1. The summed E-state index contributed by atoms with van der Waals surface area (Å²) in [5.41, 5.74) is -0.177. The van der Waals surface area contributed by atoms with Gasteiger partial charge in [0.2, 0.25) is 0 Å². The average Bonchev–Trinajstić information content (AvgIpc) is 2.38. The summed E-state index contributed by atoms with van der Waals surface area (Å²) >= 11 is 0. The van der Waals surface area contributed by atoms with Crippen LogP contribution in [0.1, 0.15) is 35.2 Å². The lowest BCUT2D eigenvalue weighted by molar-refractivity contribution is -0.137. The average molecular weight is 283 g/mol. The molecule has 20 heavy (non-hydrogen) atoms. The van der Waals surface area contributed by atoms with Gasteiger partial charge in [0, 0.05) is 23.8 Å². The van der Waals surface area contributed by atoms with Crippen LogP contribution in [0.3, 0.4) is 0 Å². The molecule has 106 valence electrons. The molecule has 0 saturated heterocycles. The molecule has 0 aliphatic heterocycles. The van der Waals surface area contributed by atoms with E-state index in [1.807, 2.05) is 0 Å². The van der Waals surface area contributed by atoms with E-state index in [-0.39, 0.29) is 11.3 Å². The molecule has 0 spiro atoms. The summed E-state index contributed by atoms with van der Waals surface area (Å²) in [4.78, 5) is 23.0. The van der Waals surface area contributed by atoms with Gasteiger partial charge in [-0.15, -0.1) is 0 Å². The van der Waals surface area contributed by atoms with Crippen molar-refractivity contribution in [3.8, 4) is 0 Å². The Morgan fingerprint density at radius 3 is 2.30 bits per heavy atom. The molecular weight excluding hydrogens is 271 g/mol. The lowest BCUT2D eigenvalue weighted by Gasteiger charge is -2.13. The van der Waals surface area contributed by atoms with Crippen LogP contribution in [0.2, 0.25) is 0 Å². The van der Waals surface area contributed by atoms with E-state index in [9.17, 15) is 22.8 Å². The van der Waals surface area contributed by atoms with Crippen molar-refractivity contribution in [2.24, 2.45) is 0 Å². The fraction of sp³-hybridized carbons (Fsp3) is 0.286. The molecule has 0 unspecified atom stereocenters. The zero-order chi connectivity index (χ0) is 14.8. The Morgan fingerprint density at radius 1 is 1.10 bits per heavy atom. The molecule has 1 N–H and O–H groups in total. The first-order chi connectivity index (χ1) is 9.36. The van der Waals surface area contributed by atoms with Crippen LogP contribution >= 0.6 is 0 Å². The first kappa shape index (κ1) is 14.3. The van der Waals surface area contributed by atoms with Crippen LogP contribution in [-0.4, -0.2) is 11.7 Å². The fourth-order valence-electron chi connectivity index (χ4n) is 1.92. The molecule has 0 heterocycles. The Kier molecular flexibility index (Phi) is 3.92. The summed E-state index contributed by atoms with van der Waals surface area (Å²) in [6.07, 6.45) is -1.35. The summed E-state index contributed by atoms with van der Waals surface area (Å²) in [6, 6.07) is 3.94. The second-order valence-electron chi connectivity index (χ2n) is 4.52. The number of nitrogens with one attached hydrogen (secondary N) is 1. The minimum absolute atomic E-state index is 0.0565. The van der Waals surface area contributed by atoms with Crippen LogP contribution < -0.4 is 5.32 Å². The number of benzene rings is 1. The van der Waals surface area contributed by atoms with Crippen molar-refractivity contribution in [3.63, 3.8) is 0 Å². The highest BCUT2D eigenvalue weighted by atomic mass is 19.4. The molecule has 1 aliphatic rings. The second kappa shape index (κ2) is 5.48. The van der Waals surface area contributed by atoms with E-state index in [2.05, 4.69) is 5.32 Å². The highest BCUT2D eigenvalue weighted by Gasteiger charge is 2.30. The van der Waals surface area contributed by atoms with Gasteiger partial charge in [-0.05, 0) is 37.1 Å². The summed E-state index contributed by atoms with van der Waals surface area (Å²) in [7, 11) is 0. The van der Waals surface area contributed by atoms with Crippen LogP contribution in [-0.2, 0) is 11.0 Å². The number of hydrogen-bond acceptors (Lipinski definition) is 2. The number of alkyl halides is 3. The summed E-state index contributed by atoms with van der Waals surface area (Å²) < 4.78 is 37.2. The molecule has 1 amide bonds. The Morgan fingerprint density at radius 2 is 1.75 bits per heavy atom. The molecule has 0 saturated carbocycles. The van der Waals surface area contributed by atoms with Crippen molar-refractivity contribution >= 4 is 11.7 Å². The van der Waals surface area contributed by atoms with Gasteiger partial charge in [0.15, 0.2) is 5.78 Å². The Labute approximate surface area is 113 Å². The van der Waals surface area contributed by atoms with E-state index in [4.69, 9.17) is 0 Å². The summed E-state index contributed by atoms with van der Waals surface area (Å²) in [5.74, 6) is -0.571. The van der Waals surface area contributed by atoms with Crippen LogP contribution in [0, 0.1) is 0 Å². The number of ketones is 1. The van der Waals surface area contributed by atoms with Crippen molar-refractivity contribution in [1.29, 1.82) is 0 Å². The first-order valence-electron chi connectivity index (χ1n) is 6.08. The second-order valence-corrected chi connectivity index (χ2v) is 4.52. The minimum atomic E-state index is -4.42. The third kappa shape index (κ3) is 3.46. The predicted molar refractivity (Wildman–Crippen MR) is 65.9 cm³/mol. The van der Waals surface area contributed by atoms with Crippen molar-refractivity contribution in [2.75, 3.05) is 0 Å². The van der Waals surface area contributed by atoms with Gasteiger partial charge in [-0.3, -0.25) is 9.59 Å². The van der Waals surface area contributed by atoms with Crippen molar-refractivity contribution in [2.45, 2.75) is 25.4 Å². The summed E-state index contributed by atoms with van der Waals surface area (Å²) in [5, 5.41) is 2.54. The molecule has 3 nitrogen and oxygen atoms in total. The normalized spacial score (nSPS) is 15.8. The highest BCUT2D eigenvalue weighted by molar-refractivity contribution is 5.97. The van der Waals surface area contributed by atoms with Crippen LogP contribution in [0.15, 0.2) is 36.0 Å². The van der Waals surface area contributed by atoms with Gasteiger partial charge in [-0.2, -0.15) is 13.2 Å². The van der Waals surface area contributed by atoms with E-state index in [0.29, 0.717) is 25.0 Å². The number of allylic oxidation sites excluding steroid dienone is 2. The number of carbonyl (C=O) groups excluding carboxylic acids is 2. The third-order valence-electron chi connectivity index (χ3n) is 2.95. The van der Waals surface area contributed by atoms with Crippen molar-refractivity contribution in [3.05, 3.63) is 47.2 Å². The Hall–Kier alpha value is -2.11. The molecular formula is C14H12F3NO2. The monoisotopic (exact) mass is 283 g/mol. The molecule has 0 atom stereocenters. The zero-order valence-corrected chi connectivity index (χ0v) is 10.5. The van der Waals surface area contributed by atoms with Gasteiger partial charge in [-0.25, -0.2) is 0 Å². The van der Waals surface area contributed by atoms with E-state index >= 15 is 0 Å².